The van der Waals surface area contributed by atoms with Crippen molar-refractivity contribution in [1.82, 2.24) is 0 Å². The number of methoxy groups -OCH3 is 2. The highest BCUT2D eigenvalue weighted by atomic mass is 16.6. The van der Waals surface area contributed by atoms with E-state index in [1.165, 1.54) is 50.7 Å². The number of benzene rings is 2. The van der Waals surface area contributed by atoms with Crippen molar-refractivity contribution in [3.63, 3.8) is 0 Å². The summed E-state index contributed by atoms with van der Waals surface area (Å²) in [5.74, 6) is -1.02. The number of carbonyl (C=O) groups excluding carboxylic acids is 4. The van der Waals surface area contributed by atoms with Crippen molar-refractivity contribution in [1.29, 1.82) is 0 Å². The van der Waals surface area contributed by atoms with Gasteiger partial charge in [-0.05, 0) is 47.5 Å². The second-order valence-corrected chi connectivity index (χ2v) is 6.85. The zero-order valence-electron chi connectivity index (χ0n) is 19.3. The molecule has 0 aliphatic rings. The van der Waals surface area contributed by atoms with E-state index in [0.717, 1.165) is 12.2 Å². The Balaban J connectivity index is 2.00. The number of hydrogen-bond donors (Lipinski definition) is 0. The molecule has 0 spiro atoms. The molecule has 2 rings (SSSR count). The van der Waals surface area contributed by atoms with Gasteiger partial charge in [-0.15, -0.1) is 0 Å². The molecule has 2 aromatic rings. The first-order chi connectivity index (χ1) is 16.8. The first kappa shape index (κ1) is 26.5. The van der Waals surface area contributed by atoms with E-state index in [0.29, 0.717) is 22.6 Å². The summed E-state index contributed by atoms with van der Waals surface area (Å²) in [6.45, 7) is 6.67. The van der Waals surface area contributed by atoms with Crippen LogP contribution < -0.4 is 18.9 Å². The number of allylic oxidation sites excluding steroid dienone is 2. The maximum absolute atomic E-state index is 12.2. The van der Waals surface area contributed by atoms with Gasteiger partial charge in [0.25, 0.3) is 0 Å². The predicted molar refractivity (Wildman–Crippen MR) is 130 cm³/mol. The summed E-state index contributed by atoms with van der Waals surface area (Å²) in [5.41, 5.74) is 1.22. The Morgan fingerprint density at radius 2 is 1.09 bits per heavy atom. The topological polar surface area (TPSA) is 105 Å². The zero-order chi connectivity index (χ0) is 25.8. The smallest absolute Gasteiger partial charge is 0.335 e. The normalized spacial score (nSPS) is 10.6. The highest BCUT2D eigenvalue weighted by molar-refractivity contribution is 6.10. The van der Waals surface area contributed by atoms with E-state index in [-0.39, 0.29) is 17.9 Å². The van der Waals surface area contributed by atoms with Crippen LogP contribution in [-0.4, -0.2) is 37.7 Å². The molecule has 8 heteroatoms. The van der Waals surface area contributed by atoms with E-state index in [1.807, 2.05) is 0 Å². The van der Waals surface area contributed by atoms with Gasteiger partial charge in [0.1, 0.15) is 0 Å². The molecule has 0 N–H and O–H groups in total. The summed E-state index contributed by atoms with van der Waals surface area (Å²) in [5, 5.41) is 0. The molecular weight excluding hydrogens is 452 g/mol. The van der Waals surface area contributed by atoms with Gasteiger partial charge in [-0.2, -0.15) is 0 Å². The number of carbonyl (C=O) groups is 4. The summed E-state index contributed by atoms with van der Waals surface area (Å²) in [6, 6.07) is 9.47. The highest BCUT2D eigenvalue weighted by Crippen LogP contribution is 2.29. The third-order valence-corrected chi connectivity index (χ3v) is 4.40. The van der Waals surface area contributed by atoms with Crippen molar-refractivity contribution in [3.05, 3.63) is 85.0 Å². The number of esters is 2. The minimum Gasteiger partial charge on any atom is -0.493 e. The fourth-order valence-electron chi connectivity index (χ4n) is 2.71. The standard InChI is InChI=1S/C27H24O8/c1-5-26(30)34-22-13-9-18(15-24(22)32-3)7-11-20(28)17-21(29)12-8-19-10-14-23(25(16-19)33-4)35-27(31)6-2/h5-16H,1-2,17H2,3-4H3. The lowest BCUT2D eigenvalue weighted by Crippen LogP contribution is -2.04. The zero-order valence-corrected chi connectivity index (χ0v) is 19.3. The molecule has 0 aromatic heterocycles. The highest BCUT2D eigenvalue weighted by Gasteiger charge is 2.10. The van der Waals surface area contributed by atoms with Gasteiger partial charge < -0.3 is 18.9 Å². The van der Waals surface area contributed by atoms with Crippen LogP contribution in [0, 0.1) is 0 Å². The predicted octanol–water partition coefficient (Wildman–Crippen LogP) is 4.14. The van der Waals surface area contributed by atoms with Crippen LogP contribution in [-0.2, 0) is 19.2 Å². The van der Waals surface area contributed by atoms with Crippen LogP contribution in [0.4, 0.5) is 0 Å². The molecule has 2 aromatic carbocycles. The molecule has 0 bridgehead atoms. The van der Waals surface area contributed by atoms with Gasteiger partial charge in [0, 0.05) is 12.2 Å². The molecular formula is C27H24O8. The first-order valence-corrected chi connectivity index (χ1v) is 10.3. The van der Waals surface area contributed by atoms with Crippen LogP contribution in [0.25, 0.3) is 12.2 Å². The molecule has 0 saturated carbocycles. The second-order valence-electron chi connectivity index (χ2n) is 6.85. The average molecular weight is 476 g/mol. The molecule has 0 fully saturated rings. The van der Waals surface area contributed by atoms with Gasteiger partial charge in [-0.3, -0.25) is 9.59 Å². The van der Waals surface area contributed by atoms with Gasteiger partial charge in [-0.25, -0.2) is 9.59 Å². The molecule has 0 heterocycles. The van der Waals surface area contributed by atoms with Crippen LogP contribution in [0.2, 0.25) is 0 Å². The van der Waals surface area contributed by atoms with E-state index in [1.54, 1.807) is 24.3 Å². The van der Waals surface area contributed by atoms with Crippen LogP contribution in [0.5, 0.6) is 23.0 Å². The van der Waals surface area contributed by atoms with Gasteiger partial charge >= 0.3 is 11.9 Å². The van der Waals surface area contributed by atoms with E-state index in [9.17, 15) is 19.2 Å². The molecule has 0 saturated heterocycles. The van der Waals surface area contributed by atoms with Crippen LogP contribution in [0.1, 0.15) is 17.5 Å². The Labute approximate surface area is 202 Å². The largest absolute Gasteiger partial charge is 0.493 e. The van der Waals surface area contributed by atoms with E-state index < -0.39 is 23.5 Å². The summed E-state index contributed by atoms with van der Waals surface area (Å²) in [7, 11) is 2.84. The van der Waals surface area contributed by atoms with E-state index in [4.69, 9.17) is 18.9 Å². The maximum atomic E-state index is 12.2. The molecule has 0 aliphatic heterocycles. The van der Waals surface area contributed by atoms with Gasteiger partial charge in [0.2, 0.25) is 0 Å². The Kier molecular flexibility index (Phi) is 9.93. The lowest BCUT2D eigenvalue weighted by molar-refractivity contribution is -0.130. The van der Waals surface area contributed by atoms with E-state index >= 15 is 0 Å². The molecule has 180 valence electrons. The molecule has 35 heavy (non-hydrogen) atoms. The minimum absolute atomic E-state index is 0.213. The Hall–Kier alpha value is -4.72. The van der Waals surface area contributed by atoms with Crippen molar-refractivity contribution in [3.8, 4) is 23.0 Å². The van der Waals surface area contributed by atoms with Crippen molar-refractivity contribution in [2.45, 2.75) is 6.42 Å². The third kappa shape index (κ3) is 8.29. The maximum Gasteiger partial charge on any atom is 0.335 e. The van der Waals surface area contributed by atoms with Crippen molar-refractivity contribution in [2.75, 3.05) is 14.2 Å². The van der Waals surface area contributed by atoms with Crippen molar-refractivity contribution < 1.29 is 38.1 Å². The molecule has 0 aliphatic carbocycles. The van der Waals surface area contributed by atoms with E-state index in [2.05, 4.69) is 13.2 Å². The third-order valence-electron chi connectivity index (χ3n) is 4.40. The van der Waals surface area contributed by atoms with Crippen LogP contribution in [0.3, 0.4) is 0 Å². The monoisotopic (exact) mass is 476 g/mol. The summed E-state index contributed by atoms with van der Waals surface area (Å²) in [6.07, 6.45) is 7.34. The van der Waals surface area contributed by atoms with Gasteiger partial charge in [0.15, 0.2) is 34.6 Å². The molecule has 0 unspecified atom stereocenters. The molecule has 0 atom stereocenters. The summed E-state index contributed by atoms with van der Waals surface area (Å²) >= 11 is 0. The van der Waals surface area contributed by atoms with Crippen LogP contribution in [0.15, 0.2) is 73.9 Å². The molecule has 8 nitrogen and oxygen atoms in total. The average Bonchev–Trinajstić information content (AvgIpc) is 2.87. The molecule has 0 amide bonds. The number of ether oxygens (including phenoxy) is 4. The Bertz CT molecular complexity index is 1110. The minimum atomic E-state index is -0.626. The number of hydrogen-bond acceptors (Lipinski definition) is 8. The second kappa shape index (κ2) is 13.1. The number of ketones is 2. The first-order valence-electron chi connectivity index (χ1n) is 10.3. The number of rotatable bonds is 12. The fourth-order valence-corrected chi connectivity index (χ4v) is 2.71. The quantitative estimate of drug-likeness (QED) is 0.195. The SMILES string of the molecule is C=CC(=O)Oc1ccc(C=CC(=O)CC(=O)C=Cc2ccc(OC(=O)C=C)c(OC)c2)cc1OC. The summed E-state index contributed by atoms with van der Waals surface area (Å²) < 4.78 is 20.5. The van der Waals surface area contributed by atoms with Crippen molar-refractivity contribution >= 4 is 35.7 Å². The lowest BCUT2D eigenvalue weighted by atomic mass is 10.1. The Morgan fingerprint density at radius 1 is 0.686 bits per heavy atom. The fraction of sp³-hybridized carbons (Fsp3) is 0.111. The Morgan fingerprint density at radius 3 is 1.43 bits per heavy atom. The van der Waals surface area contributed by atoms with Crippen molar-refractivity contribution in [2.24, 2.45) is 0 Å². The summed E-state index contributed by atoms with van der Waals surface area (Å²) in [4.78, 5) is 47.1. The van der Waals surface area contributed by atoms with Gasteiger partial charge in [0.05, 0.1) is 20.6 Å². The molecule has 0 radical (unpaired) electrons. The lowest BCUT2D eigenvalue weighted by Gasteiger charge is -2.08. The van der Waals surface area contributed by atoms with Crippen LogP contribution >= 0.6 is 0 Å². The van der Waals surface area contributed by atoms with Gasteiger partial charge in [-0.1, -0.05) is 37.4 Å².